The zero-order chi connectivity index (χ0) is 16.2. The highest BCUT2D eigenvalue weighted by atomic mass is 16.5. The first-order chi connectivity index (χ1) is 11.2. The lowest BCUT2D eigenvalue weighted by Crippen LogP contribution is -2.30. The van der Waals surface area contributed by atoms with Crippen molar-refractivity contribution in [3.63, 3.8) is 0 Å². The van der Waals surface area contributed by atoms with Gasteiger partial charge in [-0.15, -0.1) is 0 Å². The van der Waals surface area contributed by atoms with Crippen LogP contribution in [0.15, 0.2) is 59.1 Å². The van der Waals surface area contributed by atoms with Crippen LogP contribution in [0, 0.1) is 6.92 Å². The maximum absolute atomic E-state index is 5.72. The maximum Gasteiger partial charge on any atom is 0.172 e. The van der Waals surface area contributed by atoms with Gasteiger partial charge in [0.15, 0.2) is 5.76 Å². The lowest BCUT2D eigenvalue weighted by atomic mass is 10.0. The zero-order valence-electron chi connectivity index (χ0n) is 13.7. The second-order valence-electron chi connectivity index (χ2n) is 5.65. The Hall–Kier alpha value is -2.43. The summed E-state index contributed by atoms with van der Waals surface area (Å²) in [6, 6.07) is 18.5. The van der Waals surface area contributed by atoms with Crippen LogP contribution in [0.1, 0.15) is 11.1 Å². The van der Waals surface area contributed by atoms with E-state index in [1.165, 1.54) is 5.56 Å². The second kappa shape index (κ2) is 6.77. The molecular formula is C19H21N3O. The lowest BCUT2D eigenvalue weighted by Gasteiger charge is -2.15. The number of aromatic nitrogens is 1. The van der Waals surface area contributed by atoms with E-state index in [1.54, 1.807) is 0 Å². The van der Waals surface area contributed by atoms with Gasteiger partial charge >= 0.3 is 0 Å². The molecule has 4 heteroatoms. The van der Waals surface area contributed by atoms with E-state index in [-0.39, 0.29) is 0 Å². The standard InChI is InChI=1S/C19H21N3O/c1-14-9-11-16(12-10-14)19-17(13-22(3)20-2)18(21-23-19)15-7-5-4-6-8-15/h4-12,20H,13H2,1-3H3. The maximum atomic E-state index is 5.72. The third-order valence-corrected chi connectivity index (χ3v) is 3.93. The van der Waals surface area contributed by atoms with Crippen LogP contribution in [0.3, 0.4) is 0 Å². The average molecular weight is 307 g/mol. The summed E-state index contributed by atoms with van der Waals surface area (Å²) in [6.07, 6.45) is 0. The minimum absolute atomic E-state index is 0.702. The summed E-state index contributed by atoms with van der Waals surface area (Å²) in [6.45, 7) is 2.78. The van der Waals surface area contributed by atoms with Crippen LogP contribution in [0.4, 0.5) is 0 Å². The average Bonchev–Trinajstić information content (AvgIpc) is 2.99. The summed E-state index contributed by atoms with van der Waals surface area (Å²) in [5.41, 5.74) is 8.44. The number of hydrogen-bond donors (Lipinski definition) is 1. The molecule has 0 aliphatic carbocycles. The number of hydrogen-bond acceptors (Lipinski definition) is 4. The van der Waals surface area contributed by atoms with Crippen molar-refractivity contribution in [2.75, 3.05) is 14.1 Å². The molecule has 0 spiro atoms. The van der Waals surface area contributed by atoms with Crippen LogP contribution in [-0.4, -0.2) is 24.3 Å². The molecule has 0 amide bonds. The first-order valence-electron chi connectivity index (χ1n) is 7.68. The summed E-state index contributed by atoms with van der Waals surface area (Å²) < 4.78 is 5.72. The van der Waals surface area contributed by atoms with Gasteiger partial charge in [0.1, 0.15) is 5.69 Å². The third-order valence-electron chi connectivity index (χ3n) is 3.93. The highest BCUT2D eigenvalue weighted by Gasteiger charge is 2.19. The fourth-order valence-electron chi connectivity index (χ4n) is 2.53. The van der Waals surface area contributed by atoms with E-state index >= 15 is 0 Å². The Morgan fingerprint density at radius 3 is 2.35 bits per heavy atom. The normalized spacial score (nSPS) is 11.1. The van der Waals surface area contributed by atoms with Crippen LogP contribution >= 0.6 is 0 Å². The molecule has 1 N–H and O–H groups in total. The van der Waals surface area contributed by atoms with Crippen LogP contribution in [0.25, 0.3) is 22.6 Å². The van der Waals surface area contributed by atoms with E-state index in [0.717, 1.165) is 28.1 Å². The van der Waals surface area contributed by atoms with Gasteiger partial charge in [-0.1, -0.05) is 65.3 Å². The number of benzene rings is 2. The quantitative estimate of drug-likeness (QED) is 0.726. The highest BCUT2D eigenvalue weighted by Crippen LogP contribution is 2.33. The molecule has 0 bridgehead atoms. The first kappa shape index (κ1) is 15.5. The van der Waals surface area contributed by atoms with Gasteiger partial charge in [-0.05, 0) is 14.0 Å². The lowest BCUT2D eigenvalue weighted by molar-refractivity contribution is 0.251. The minimum atomic E-state index is 0.702. The molecule has 0 aliphatic rings. The molecule has 118 valence electrons. The van der Waals surface area contributed by atoms with Crippen LogP contribution in [-0.2, 0) is 6.54 Å². The molecule has 0 fully saturated rings. The Morgan fingerprint density at radius 2 is 1.70 bits per heavy atom. The van der Waals surface area contributed by atoms with E-state index in [9.17, 15) is 0 Å². The molecule has 0 radical (unpaired) electrons. The largest absolute Gasteiger partial charge is 0.355 e. The van der Waals surface area contributed by atoms with Gasteiger partial charge in [0.05, 0.1) is 0 Å². The van der Waals surface area contributed by atoms with E-state index in [4.69, 9.17) is 4.52 Å². The molecule has 23 heavy (non-hydrogen) atoms. The Morgan fingerprint density at radius 1 is 1.00 bits per heavy atom. The second-order valence-corrected chi connectivity index (χ2v) is 5.65. The van der Waals surface area contributed by atoms with E-state index in [0.29, 0.717) is 6.54 Å². The van der Waals surface area contributed by atoms with Gasteiger partial charge in [-0.25, -0.2) is 5.01 Å². The van der Waals surface area contributed by atoms with Crippen molar-refractivity contribution < 1.29 is 4.52 Å². The number of aryl methyl sites for hydroxylation is 1. The van der Waals surface area contributed by atoms with E-state index in [2.05, 4.69) is 53.9 Å². The van der Waals surface area contributed by atoms with E-state index in [1.807, 2.05) is 37.3 Å². The Balaban J connectivity index is 2.09. The van der Waals surface area contributed by atoms with Crippen molar-refractivity contribution in [3.05, 3.63) is 65.7 Å². The van der Waals surface area contributed by atoms with Gasteiger partial charge in [-0.2, -0.15) is 0 Å². The molecular weight excluding hydrogens is 286 g/mol. The number of hydrazine groups is 1. The molecule has 4 nitrogen and oxygen atoms in total. The van der Waals surface area contributed by atoms with Crippen molar-refractivity contribution >= 4 is 0 Å². The number of nitrogens with one attached hydrogen (secondary N) is 1. The van der Waals surface area contributed by atoms with Crippen molar-refractivity contribution in [1.82, 2.24) is 15.6 Å². The van der Waals surface area contributed by atoms with Gasteiger partial charge < -0.3 is 4.52 Å². The summed E-state index contributed by atoms with van der Waals surface area (Å²) in [7, 11) is 3.90. The molecule has 0 atom stereocenters. The van der Waals surface area contributed by atoms with Crippen molar-refractivity contribution in [2.24, 2.45) is 0 Å². The molecule has 1 heterocycles. The van der Waals surface area contributed by atoms with Crippen LogP contribution < -0.4 is 5.43 Å². The van der Waals surface area contributed by atoms with Gasteiger partial charge in [0.2, 0.25) is 0 Å². The third kappa shape index (κ3) is 3.33. The van der Waals surface area contributed by atoms with Gasteiger partial charge in [0, 0.05) is 30.3 Å². The Kier molecular flexibility index (Phi) is 4.55. The fourth-order valence-corrected chi connectivity index (χ4v) is 2.53. The monoisotopic (exact) mass is 307 g/mol. The molecule has 0 unspecified atom stereocenters. The fraction of sp³-hybridized carbons (Fsp3) is 0.211. The SMILES string of the molecule is CNN(C)Cc1c(-c2ccccc2)noc1-c1ccc(C)cc1. The van der Waals surface area contributed by atoms with E-state index < -0.39 is 0 Å². The molecule has 1 aromatic heterocycles. The van der Waals surface area contributed by atoms with Gasteiger partial charge in [-0.3, -0.25) is 5.43 Å². The topological polar surface area (TPSA) is 41.3 Å². The minimum Gasteiger partial charge on any atom is -0.355 e. The smallest absolute Gasteiger partial charge is 0.172 e. The van der Waals surface area contributed by atoms with Crippen LogP contribution in [0.2, 0.25) is 0 Å². The first-order valence-corrected chi connectivity index (χ1v) is 7.68. The predicted octanol–water partition coefficient (Wildman–Crippen LogP) is 3.88. The van der Waals surface area contributed by atoms with Crippen molar-refractivity contribution in [3.8, 4) is 22.6 Å². The van der Waals surface area contributed by atoms with Crippen LogP contribution in [0.5, 0.6) is 0 Å². The zero-order valence-corrected chi connectivity index (χ0v) is 13.7. The molecule has 0 saturated heterocycles. The molecule has 0 aliphatic heterocycles. The Labute approximate surface area is 136 Å². The highest BCUT2D eigenvalue weighted by molar-refractivity contribution is 5.72. The number of nitrogens with zero attached hydrogens (tertiary/aromatic N) is 2. The molecule has 3 aromatic rings. The van der Waals surface area contributed by atoms with Crippen molar-refractivity contribution in [1.29, 1.82) is 0 Å². The molecule has 2 aromatic carbocycles. The molecule has 3 rings (SSSR count). The summed E-state index contributed by atoms with van der Waals surface area (Å²) in [5.74, 6) is 0.825. The molecule has 0 saturated carbocycles. The summed E-state index contributed by atoms with van der Waals surface area (Å²) in [4.78, 5) is 0. The predicted molar refractivity (Wildman–Crippen MR) is 92.6 cm³/mol. The Bertz CT molecular complexity index is 763. The van der Waals surface area contributed by atoms with Gasteiger partial charge in [0.25, 0.3) is 0 Å². The summed E-state index contributed by atoms with van der Waals surface area (Å²) in [5, 5.41) is 6.35. The number of rotatable bonds is 5. The summed E-state index contributed by atoms with van der Waals surface area (Å²) >= 11 is 0. The van der Waals surface area contributed by atoms with Crippen molar-refractivity contribution in [2.45, 2.75) is 13.5 Å².